The number of halogens is 6. The van der Waals surface area contributed by atoms with E-state index in [1.54, 1.807) is 45.2 Å². The van der Waals surface area contributed by atoms with Gasteiger partial charge in [0.05, 0.1) is 74.3 Å². The molecule has 14 N–H and O–H groups in total. The molecule has 0 aliphatic heterocycles. The molecule has 0 fully saturated rings. The van der Waals surface area contributed by atoms with E-state index in [-0.39, 0.29) is 68.1 Å². The van der Waals surface area contributed by atoms with Gasteiger partial charge in [-0.05, 0) is 176 Å². The van der Waals surface area contributed by atoms with Crippen LogP contribution in [0.15, 0.2) is 0 Å². The number of aliphatic hydroxyl groups is 10. The average Bonchev–Trinajstić information content (AvgIpc) is 3.25. The van der Waals surface area contributed by atoms with Gasteiger partial charge in [-0.1, -0.05) is 32.1 Å². The summed E-state index contributed by atoms with van der Waals surface area (Å²) in [4.78, 5) is 83.7. The van der Waals surface area contributed by atoms with Gasteiger partial charge in [0.15, 0.2) is 22.9 Å². The number of unbranched alkanes of at least 4 members (excludes halogenated alkanes) is 6. The molecule has 2 rings (SSSR count). The first kappa shape index (κ1) is 64.4. The fourth-order valence-electron chi connectivity index (χ4n) is 6.28. The first-order valence-corrected chi connectivity index (χ1v) is 27.3. The van der Waals surface area contributed by atoms with Crippen molar-refractivity contribution in [1.82, 2.24) is 21.3 Å². The van der Waals surface area contributed by atoms with E-state index in [2.05, 4.69) is 21.3 Å². The number of aliphatic hydroxyl groups excluding tert-OH is 6. The zero-order valence-electron chi connectivity index (χ0n) is 37.7. The molecule has 0 saturated heterocycles. The number of rotatable bonds is 26. The molecule has 2 aromatic carbocycles. The molecule has 0 spiro atoms. The first-order chi connectivity index (χ1) is 31.9. The summed E-state index contributed by atoms with van der Waals surface area (Å²) in [6, 6.07) is 0. The quantitative estimate of drug-likeness (QED) is 0.0357. The third-order valence-corrected chi connectivity index (χ3v) is 16.3. The Kier molecular flexibility index (Phi) is 26.3. The number of hydrogen-bond donors (Lipinski definition) is 14. The highest BCUT2D eigenvalue weighted by Crippen LogP contribution is 2.40. The lowest BCUT2D eigenvalue weighted by Crippen LogP contribution is -2.50. The monoisotopic (exact) mass is 1650 g/mol. The minimum Gasteiger partial charge on any atom is -0.391 e. The zero-order valence-corrected chi connectivity index (χ0v) is 50.6. The second-order valence-electron chi connectivity index (χ2n) is 16.5. The molecule has 0 bridgehead atoms. The molecule has 0 aromatic heterocycles. The van der Waals surface area contributed by atoms with Crippen LogP contribution >= 0.6 is 136 Å². The molecule has 69 heavy (non-hydrogen) atoms. The summed E-state index contributed by atoms with van der Waals surface area (Å²) < 4.78 is 0.820. The number of benzene rings is 2. The maximum atomic E-state index is 13.6. The van der Waals surface area contributed by atoms with Crippen LogP contribution in [-0.2, 0) is 9.59 Å². The fraction of sp³-hybridized carbons (Fsp3) is 0.561. The predicted molar refractivity (Wildman–Crippen MR) is 301 cm³/mol. The summed E-state index contributed by atoms with van der Waals surface area (Å²) in [5.74, 6) is -5.15. The summed E-state index contributed by atoms with van der Waals surface area (Å²) in [6.45, 7) is -0.664. The molecule has 0 heterocycles. The second kappa shape index (κ2) is 28.2. The van der Waals surface area contributed by atoms with Crippen molar-refractivity contribution in [2.75, 3.05) is 62.5 Å². The van der Waals surface area contributed by atoms with Crippen molar-refractivity contribution in [2.24, 2.45) is 0 Å². The standard InChI is InChI=1S/C41H56I6N6O16/c1-38(66,16-56)48-34(62)22-26(42)23(35(63)49-39(2,67)17-57)29(45)32(28(22)44)52(20(60)14-54)12-10-8-6-5-7-9-11-13-53(21(61)15-55)33-30(46)24(36(64)50-40(3,68)18-58)27(43)25(31(33)47)37(65)51-41(4,69)19-59/h54-59,66-69H,5-19H2,1-4H3,(H,48,62)(H,49,63)(H,50,64)(H,51,65). The van der Waals surface area contributed by atoms with Crippen molar-refractivity contribution in [1.29, 1.82) is 0 Å². The van der Waals surface area contributed by atoms with Crippen LogP contribution in [0.3, 0.4) is 0 Å². The Balaban J connectivity index is 2.38. The highest BCUT2D eigenvalue weighted by Gasteiger charge is 2.37. The molecule has 4 atom stereocenters. The average molecular weight is 1650 g/mol. The van der Waals surface area contributed by atoms with Gasteiger partial charge in [0.1, 0.15) is 13.2 Å². The van der Waals surface area contributed by atoms with Crippen LogP contribution < -0.4 is 31.1 Å². The van der Waals surface area contributed by atoms with Crippen molar-refractivity contribution in [3.63, 3.8) is 0 Å². The van der Waals surface area contributed by atoms with Gasteiger partial charge in [-0.3, -0.25) is 28.8 Å². The molecule has 388 valence electrons. The van der Waals surface area contributed by atoms with E-state index in [1.165, 1.54) is 9.80 Å². The maximum Gasteiger partial charge on any atom is 0.255 e. The van der Waals surface area contributed by atoms with E-state index in [9.17, 15) is 79.8 Å². The lowest BCUT2D eigenvalue weighted by molar-refractivity contribution is -0.122. The van der Waals surface area contributed by atoms with Crippen LogP contribution in [-0.4, -0.2) is 162 Å². The van der Waals surface area contributed by atoms with Gasteiger partial charge in [0, 0.05) is 20.2 Å². The van der Waals surface area contributed by atoms with E-state index in [1.807, 2.05) is 90.4 Å². The van der Waals surface area contributed by atoms with Gasteiger partial charge >= 0.3 is 0 Å². The Labute approximate surface area is 479 Å². The van der Waals surface area contributed by atoms with Crippen LogP contribution in [0.4, 0.5) is 11.4 Å². The number of hydrogen-bond acceptors (Lipinski definition) is 16. The van der Waals surface area contributed by atoms with Gasteiger partial charge in [-0.15, -0.1) is 0 Å². The Morgan fingerprint density at radius 1 is 0.391 bits per heavy atom. The van der Waals surface area contributed by atoms with E-state index in [0.29, 0.717) is 44.9 Å². The molecule has 22 nitrogen and oxygen atoms in total. The molecular formula is C41H56I6N6O16. The van der Waals surface area contributed by atoms with Crippen LogP contribution in [0, 0.1) is 21.4 Å². The summed E-state index contributed by atoms with van der Waals surface area (Å²) in [5.41, 5.74) is -8.70. The van der Waals surface area contributed by atoms with Crippen molar-refractivity contribution >= 4 is 182 Å². The predicted octanol–water partition coefficient (Wildman–Crippen LogP) is 1.12. The topological polar surface area (TPSA) is 359 Å². The molecule has 2 aromatic rings. The first-order valence-electron chi connectivity index (χ1n) is 20.8. The molecule has 0 aliphatic rings. The summed E-state index contributed by atoms with van der Waals surface area (Å²) in [7, 11) is 0. The second-order valence-corrected chi connectivity index (χ2v) is 23.0. The van der Waals surface area contributed by atoms with Gasteiger partial charge in [-0.25, -0.2) is 0 Å². The van der Waals surface area contributed by atoms with E-state index >= 15 is 0 Å². The van der Waals surface area contributed by atoms with Gasteiger partial charge in [-0.2, -0.15) is 0 Å². The number of nitrogens with zero attached hydrogens (tertiary/aromatic N) is 2. The van der Waals surface area contributed by atoms with E-state index in [4.69, 9.17) is 0 Å². The van der Waals surface area contributed by atoms with Crippen LogP contribution in [0.1, 0.15) is 114 Å². The smallest absolute Gasteiger partial charge is 0.255 e. The van der Waals surface area contributed by atoms with Gasteiger partial charge in [0.25, 0.3) is 35.4 Å². The molecule has 28 heteroatoms. The lowest BCUT2D eigenvalue weighted by Gasteiger charge is -2.30. The minimum atomic E-state index is -2.07. The third-order valence-electron chi connectivity index (χ3n) is 9.93. The number of amides is 6. The number of carbonyl (C=O) groups excluding carboxylic acids is 6. The Bertz CT molecular complexity index is 1970. The summed E-state index contributed by atoms with van der Waals surface area (Å²) in [6.07, 6.45) is 3.93. The van der Waals surface area contributed by atoms with Crippen LogP contribution in [0.2, 0.25) is 0 Å². The minimum absolute atomic E-state index is 0.0252. The van der Waals surface area contributed by atoms with Crippen LogP contribution in [0.25, 0.3) is 0 Å². The Hall–Kier alpha value is -0.760. The fourth-order valence-corrected chi connectivity index (χ4v) is 15.7. The normalized spacial score (nSPS) is 14.9. The SMILES string of the molecule is CC(O)(CO)NC(=O)c1c(I)c(C(=O)NC(C)(O)CO)c(I)c(N(CCCCCCCCCN(C(=O)CO)c2c(I)c(C(=O)NC(C)(O)CO)c(I)c(C(=O)NC(C)(O)CO)c2I)C(=O)CO)c1I. The molecule has 4 unspecified atom stereocenters. The third kappa shape index (κ3) is 17.7. The summed E-state index contributed by atoms with van der Waals surface area (Å²) in [5, 5.41) is 109. The lowest BCUT2D eigenvalue weighted by atomic mass is 10.0. The molecule has 0 saturated carbocycles. The number of carbonyl (C=O) groups is 6. The summed E-state index contributed by atoms with van der Waals surface area (Å²) >= 11 is 10.7. The molecular weight excluding hydrogens is 1590 g/mol. The van der Waals surface area contributed by atoms with E-state index in [0.717, 1.165) is 27.7 Å². The number of anilines is 2. The number of nitrogens with one attached hydrogen (secondary N) is 4. The Morgan fingerprint density at radius 3 is 0.783 bits per heavy atom. The Morgan fingerprint density at radius 2 is 0.594 bits per heavy atom. The van der Waals surface area contributed by atoms with Crippen molar-refractivity contribution in [3.8, 4) is 0 Å². The molecule has 0 aliphatic carbocycles. The van der Waals surface area contributed by atoms with Crippen LogP contribution in [0.5, 0.6) is 0 Å². The van der Waals surface area contributed by atoms with Crippen molar-refractivity contribution in [2.45, 2.75) is 95.5 Å². The molecule has 0 radical (unpaired) electrons. The zero-order chi connectivity index (χ0) is 53.0. The molecule has 6 amide bonds. The highest BCUT2D eigenvalue weighted by molar-refractivity contribution is 14.1. The maximum absolute atomic E-state index is 13.6. The largest absolute Gasteiger partial charge is 0.391 e. The van der Waals surface area contributed by atoms with Gasteiger partial charge in [0.2, 0.25) is 0 Å². The van der Waals surface area contributed by atoms with Crippen molar-refractivity contribution < 1.29 is 79.8 Å². The van der Waals surface area contributed by atoms with Crippen molar-refractivity contribution in [3.05, 3.63) is 43.7 Å². The highest BCUT2D eigenvalue weighted by atomic mass is 127. The van der Waals surface area contributed by atoms with E-state index < -0.39 is 98.0 Å². The van der Waals surface area contributed by atoms with Gasteiger partial charge < -0.3 is 82.1 Å².